The number of primary amides is 1. The van der Waals surface area contributed by atoms with Crippen LogP contribution in [0.2, 0.25) is 0 Å². The van der Waals surface area contributed by atoms with Crippen LogP contribution in [-0.2, 0) is 4.84 Å². The van der Waals surface area contributed by atoms with Crippen molar-refractivity contribution in [1.82, 2.24) is 5.06 Å². The second-order valence-corrected chi connectivity index (χ2v) is 0.899. The molecule has 4 nitrogen and oxygen atoms in total. The summed E-state index contributed by atoms with van der Waals surface area (Å²) in [6.45, 7) is 0. The fourth-order valence-electron chi connectivity index (χ4n) is 0.0900. The third-order valence-electron chi connectivity index (χ3n) is 0.466. The number of nitrogens with zero attached hydrogens (tertiary/aromatic N) is 1. The van der Waals surface area contributed by atoms with Crippen molar-refractivity contribution < 1.29 is 9.63 Å². The van der Waals surface area contributed by atoms with E-state index in [1.54, 1.807) is 0 Å². The molecule has 0 fully saturated rings. The van der Waals surface area contributed by atoms with E-state index in [0.717, 1.165) is 0 Å². The van der Waals surface area contributed by atoms with Gasteiger partial charge < -0.3 is 5.73 Å². The fourth-order valence-corrected chi connectivity index (χ4v) is 0.0900. The van der Waals surface area contributed by atoms with Gasteiger partial charge >= 0.3 is 6.03 Å². The van der Waals surface area contributed by atoms with E-state index >= 15 is 0 Å². The van der Waals surface area contributed by atoms with Crippen molar-refractivity contribution in [3.63, 3.8) is 0 Å². The summed E-state index contributed by atoms with van der Waals surface area (Å²) in [7, 11) is 4.40. The molecule has 0 saturated carbocycles. The van der Waals surface area contributed by atoms with Gasteiger partial charge in [-0.3, -0.25) is 4.84 Å². The molecule has 4 heteroatoms. The lowest BCUT2D eigenvalue weighted by molar-refractivity contribution is -0.0453. The van der Waals surface area contributed by atoms with Gasteiger partial charge in [0, 0.05) is 0 Å². The van der Waals surface area contributed by atoms with Crippen molar-refractivity contribution in [2.24, 2.45) is 5.73 Å². The molecule has 0 aromatic carbocycles. The number of amides is 2. The predicted octanol–water partition coefficient (Wildman–Crippen LogP) is -0.280. The number of urea groups is 1. The summed E-state index contributed by atoms with van der Waals surface area (Å²) in [5, 5.41) is 0.681. The summed E-state index contributed by atoms with van der Waals surface area (Å²) < 4.78 is 0. The third kappa shape index (κ3) is 1.99. The highest BCUT2D eigenvalue weighted by molar-refractivity contribution is 5.70. The zero-order valence-electron chi connectivity index (χ0n) is 4.05. The topological polar surface area (TPSA) is 55.6 Å². The number of carbonyl (C=O) groups is 1. The van der Waals surface area contributed by atoms with Gasteiger partial charge in [-0.25, -0.2) is 9.86 Å². The van der Waals surface area contributed by atoms with Crippen LogP contribution < -0.4 is 5.73 Å². The number of hydroxylamine groups is 2. The van der Waals surface area contributed by atoms with Crippen molar-refractivity contribution >= 4 is 6.03 Å². The maximum Gasteiger partial charge on any atom is 0.338 e. The minimum Gasteiger partial charge on any atom is -0.350 e. The van der Waals surface area contributed by atoms with Gasteiger partial charge in [0.25, 0.3) is 0 Å². The fraction of sp³-hybridized carbons (Fsp3) is 0.333. The second kappa shape index (κ2) is 2.41. The molecule has 0 spiro atoms. The lowest BCUT2D eigenvalue weighted by atomic mass is 11.0. The molecule has 0 saturated heterocycles. The van der Waals surface area contributed by atoms with Crippen molar-refractivity contribution in [2.45, 2.75) is 0 Å². The molecule has 0 aromatic heterocycles. The summed E-state index contributed by atoms with van der Waals surface area (Å²) in [5.41, 5.74) is 4.65. The van der Waals surface area contributed by atoms with Crippen LogP contribution in [0.5, 0.6) is 0 Å². The molecule has 7 heavy (non-hydrogen) atoms. The van der Waals surface area contributed by atoms with E-state index < -0.39 is 6.03 Å². The van der Waals surface area contributed by atoms with Gasteiger partial charge in [0.05, 0.1) is 14.2 Å². The average Bonchev–Trinajstić information content (AvgIpc) is 1.65. The number of nitrogens with two attached hydrogens (primary N) is 1. The minimum atomic E-state index is -0.706. The van der Waals surface area contributed by atoms with Crippen LogP contribution in [0.3, 0.4) is 0 Å². The first-order valence-corrected chi connectivity index (χ1v) is 1.62. The van der Waals surface area contributed by atoms with Crippen molar-refractivity contribution in [1.29, 1.82) is 0 Å². The monoisotopic (exact) mass is 103 g/mol. The van der Waals surface area contributed by atoms with Crippen LogP contribution in [0.1, 0.15) is 0 Å². The molecule has 0 aliphatic rings. The van der Waals surface area contributed by atoms with E-state index in [4.69, 9.17) is 0 Å². The predicted molar refractivity (Wildman–Crippen MR) is 23.8 cm³/mol. The average molecular weight is 103 g/mol. The molecule has 0 bridgehead atoms. The summed E-state index contributed by atoms with van der Waals surface area (Å²) in [6.07, 6.45) is 0. The Kier molecular flexibility index (Phi) is 2.15. The SMILES string of the molecule is [CH2]N(OC)C(N)=O. The molecule has 0 aliphatic heterocycles. The molecular weight excluding hydrogens is 96.0 g/mol. The highest BCUT2D eigenvalue weighted by Crippen LogP contribution is 1.78. The lowest BCUT2D eigenvalue weighted by Crippen LogP contribution is -2.28. The highest BCUT2D eigenvalue weighted by Gasteiger charge is 1.96. The second-order valence-electron chi connectivity index (χ2n) is 0.899. The molecule has 0 rings (SSSR count). The summed E-state index contributed by atoms with van der Waals surface area (Å²) >= 11 is 0. The Morgan fingerprint density at radius 1 is 2.00 bits per heavy atom. The standard InChI is InChI=1S/C3H7N2O2/c1-5(7-2)3(4)6/h1H2,2H3,(H2,4,6). The maximum absolute atomic E-state index is 9.89. The molecule has 0 aromatic rings. The zero-order chi connectivity index (χ0) is 5.86. The number of rotatable bonds is 1. The van der Waals surface area contributed by atoms with E-state index in [1.807, 2.05) is 0 Å². The smallest absolute Gasteiger partial charge is 0.338 e. The zero-order valence-corrected chi connectivity index (χ0v) is 4.05. The first kappa shape index (κ1) is 6.23. The van der Waals surface area contributed by atoms with Crippen LogP contribution in [0.4, 0.5) is 4.79 Å². The Morgan fingerprint density at radius 2 is 2.43 bits per heavy atom. The van der Waals surface area contributed by atoms with Gasteiger partial charge in [-0.05, 0) is 0 Å². The van der Waals surface area contributed by atoms with E-state index in [0.29, 0.717) is 5.06 Å². The normalized spacial score (nSPS) is 8.29. The highest BCUT2D eigenvalue weighted by atomic mass is 16.7. The van der Waals surface area contributed by atoms with Gasteiger partial charge in [-0.15, -0.1) is 0 Å². The van der Waals surface area contributed by atoms with Gasteiger partial charge in [-0.2, -0.15) is 0 Å². The van der Waals surface area contributed by atoms with E-state index in [9.17, 15) is 4.79 Å². The Morgan fingerprint density at radius 3 is 2.43 bits per heavy atom. The Balaban J connectivity index is 3.34. The molecular formula is C3H7N2O2. The number of hydrogen-bond donors (Lipinski definition) is 1. The van der Waals surface area contributed by atoms with Crippen molar-refractivity contribution in [2.75, 3.05) is 7.11 Å². The lowest BCUT2D eigenvalue weighted by Gasteiger charge is -2.07. The summed E-state index contributed by atoms with van der Waals surface area (Å²) in [4.78, 5) is 14.2. The van der Waals surface area contributed by atoms with Crippen LogP contribution >= 0.6 is 0 Å². The molecule has 2 amide bonds. The first-order chi connectivity index (χ1) is 3.18. The van der Waals surface area contributed by atoms with E-state index in [-0.39, 0.29) is 0 Å². The Hall–Kier alpha value is -0.770. The summed E-state index contributed by atoms with van der Waals surface area (Å²) in [6, 6.07) is -0.706. The van der Waals surface area contributed by atoms with Crippen LogP contribution in [-0.4, -0.2) is 18.2 Å². The third-order valence-corrected chi connectivity index (χ3v) is 0.466. The van der Waals surface area contributed by atoms with Crippen LogP contribution in [0.25, 0.3) is 0 Å². The molecule has 1 radical (unpaired) electrons. The van der Waals surface area contributed by atoms with Gasteiger partial charge in [0.15, 0.2) is 0 Å². The Labute approximate surface area is 41.8 Å². The maximum atomic E-state index is 9.89. The summed E-state index contributed by atoms with van der Waals surface area (Å²) in [5.74, 6) is 0. The molecule has 0 heterocycles. The van der Waals surface area contributed by atoms with Crippen molar-refractivity contribution in [3.8, 4) is 0 Å². The van der Waals surface area contributed by atoms with Crippen LogP contribution in [0, 0.1) is 7.05 Å². The largest absolute Gasteiger partial charge is 0.350 e. The van der Waals surface area contributed by atoms with Gasteiger partial charge in [0.1, 0.15) is 0 Å². The minimum absolute atomic E-state index is 0.681. The van der Waals surface area contributed by atoms with E-state index in [2.05, 4.69) is 17.6 Å². The molecule has 0 aliphatic carbocycles. The van der Waals surface area contributed by atoms with Crippen LogP contribution in [0.15, 0.2) is 0 Å². The van der Waals surface area contributed by atoms with E-state index in [1.165, 1.54) is 7.11 Å². The molecule has 0 unspecified atom stereocenters. The first-order valence-electron chi connectivity index (χ1n) is 1.62. The quantitative estimate of drug-likeness (QED) is 0.464. The Bertz CT molecular complexity index is 73.3. The van der Waals surface area contributed by atoms with Crippen molar-refractivity contribution in [3.05, 3.63) is 7.05 Å². The molecule has 2 N–H and O–H groups in total. The van der Waals surface area contributed by atoms with Gasteiger partial charge in [0.2, 0.25) is 0 Å². The molecule has 41 valence electrons. The van der Waals surface area contributed by atoms with Gasteiger partial charge in [-0.1, -0.05) is 0 Å². The molecule has 0 atom stereocenters. The number of carbonyl (C=O) groups excluding carboxylic acids is 1. The number of hydrogen-bond acceptors (Lipinski definition) is 2.